The topological polar surface area (TPSA) is 29.3 Å². The lowest BCUT2D eigenvalue weighted by atomic mass is 10.0. The molecule has 2 N–H and O–H groups in total. The number of anilines is 1. The van der Waals surface area contributed by atoms with Crippen LogP contribution < -0.4 is 10.6 Å². The molecule has 0 fully saturated rings. The summed E-state index contributed by atoms with van der Waals surface area (Å²) in [7, 11) is 1.85. The fourth-order valence-corrected chi connectivity index (χ4v) is 2.50. The van der Waals surface area contributed by atoms with E-state index in [9.17, 15) is 4.39 Å². The minimum Gasteiger partial charge on any atom is -0.368 e. The van der Waals surface area contributed by atoms with Crippen molar-refractivity contribution < 1.29 is 4.39 Å². The van der Waals surface area contributed by atoms with Crippen molar-refractivity contribution in [2.24, 2.45) is 5.73 Å². The molecule has 4 heteroatoms. The molecule has 0 saturated heterocycles. The molecule has 0 aliphatic heterocycles. The zero-order valence-electron chi connectivity index (χ0n) is 11.6. The number of hydrogen-bond donors (Lipinski definition) is 1. The van der Waals surface area contributed by atoms with E-state index in [4.69, 9.17) is 17.3 Å². The van der Waals surface area contributed by atoms with Crippen LogP contribution in [0, 0.1) is 5.82 Å². The number of nitrogens with two attached hydrogens (primary N) is 1. The molecule has 2 aromatic rings. The van der Waals surface area contributed by atoms with Crippen LogP contribution in [-0.2, 0) is 6.54 Å². The maximum atomic E-state index is 14.1. The summed E-state index contributed by atoms with van der Waals surface area (Å²) in [6.07, 6.45) is 0. The second-order valence-electron chi connectivity index (χ2n) is 4.95. The van der Waals surface area contributed by atoms with Crippen molar-refractivity contribution in [2.75, 3.05) is 11.9 Å². The van der Waals surface area contributed by atoms with E-state index in [0.29, 0.717) is 17.3 Å². The molecule has 0 spiro atoms. The number of nitrogens with zero attached hydrogens (tertiary/aromatic N) is 1. The van der Waals surface area contributed by atoms with Gasteiger partial charge in [0.15, 0.2) is 0 Å². The summed E-state index contributed by atoms with van der Waals surface area (Å²) in [5.41, 5.74) is 8.30. The predicted octanol–water partition coefficient (Wildman–Crippen LogP) is 4.14. The van der Waals surface area contributed by atoms with Gasteiger partial charge in [-0.1, -0.05) is 35.9 Å². The lowest BCUT2D eigenvalue weighted by molar-refractivity contribution is 0.616. The summed E-state index contributed by atoms with van der Waals surface area (Å²) in [5, 5.41) is 0.678. The van der Waals surface area contributed by atoms with Crippen LogP contribution in [0.4, 0.5) is 10.1 Å². The van der Waals surface area contributed by atoms with Crippen LogP contribution in [-0.4, -0.2) is 7.05 Å². The molecule has 106 valence electrons. The van der Waals surface area contributed by atoms with Crippen LogP contribution in [0.3, 0.4) is 0 Å². The Morgan fingerprint density at radius 1 is 1.25 bits per heavy atom. The van der Waals surface area contributed by atoms with E-state index < -0.39 is 0 Å². The van der Waals surface area contributed by atoms with Crippen molar-refractivity contribution in [1.82, 2.24) is 0 Å². The van der Waals surface area contributed by atoms with Gasteiger partial charge in [-0.2, -0.15) is 0 Å². The average molecular weight is 293 g/mol. The highest BCUT2D eigenvalue weighted by Gasteiger charge is 2.15. The molecule has 0 radical (unpaired) electrons. The second-order valence-corrected chi connectivity index (χ2v) is 5.39. The Labute approximate surface area is 124 Å². The second kappa shape index (κ2) is 6.25. The van der Waals surface area contributed by atoms with Gasteiger partial charge < -0.3 is 10.6 Å². The van der Waals surface area contributed by atoms with Gasteiger partial charge >= 0.3 is 0 Å². The Kier molecular flexibility index (Phi) is 4.63. The number of para-hydroxylation sites is 1. The summed E-state index contributed by atoms with van der Waals surface area (Å²) in [6, 6.07) is 12.3. The predicted molar refractivity (Wildman–Crippen MR) is 82.6 cm³/mol. The van der Waals surface area contributed by atoms with Gasteiger partial charge in [-0.15, -0.1) is 0 Å². The lowest BCUT2D eigenvalue weighted by Gasteiger charge is -2.24. The van der Waals surface area contributed by atoms with E-state index in [2.05, 4.69) is 0 Å². The van der Waals surface area contributed by atoms with Crippen LogP contribution in [0.15, 0.2) is 42.5 Å². The van der Waals surface area contributed by atoms with Gasteiger partial charge in [-0.25, -0.2) is 4.39 Å². The summed E-state index contributed by atoms with van der Waals surface area (Å²) >= 11 is 5.97. The molecule has 1 atom stereocenters. The van der Waals surface area contributed by atoms with Crippen molar-refractivity contribution in [3.63, 3.8) is 0 Å². The van der Waals surface area contributed by atoms with Gasteiger partial charge in [-0.3, -0.25) is 0 Å². The van der Waals surface area contributed by atoms with Crippen molar-refractivity contribution in [3.05, 3.63) is 64.4 Å². The van der Waals surface area contributed by atoms with Crippen molar-refractivity contribution in [1.29, 1.82) is 0 Å². The highest BCUT2D eigenvalue weighted by Crippen LogP contribution is 2.28. The number of halogens is 2. The van der Waals surface area contributed by atoms with Gasteiger partial charge in [-0.05, 0) is 36.2 Å². The normalized spacial score (nSPS) is 12.2. The Bertz CT molecular complexity index is 599. The molecule has 0 heterocycles. The van der Waals surface area contributed by atoms with Crippen LogP contribution in [0.1, 0.15) is 24.1 Å². The maximum Gasteiger partial charge on any atom is 0.146 e. The summed E-state index contributed by atoms with van der Waals surface area (Å²) in [5.74, 6) is -0.260. The molecule has 1 unspecified atom stereocenters. The van der Waals surface area contributed by atoms with E-state index in [1.54, 1.807) is 6.07 Å². The third-order valence-corrected chi connectivity index (χ3v) is 3.43. The zero-order valence-corrected chi connectivity index (χ0v) is 12.4. The van der Waals surface area contributed by atoms with E-state index in [1.807, 2.05) is 49.2 Å². The Hall–Kier alpha value is -1.58. The quantitative estimate of drug-likeness (QED) is 0.918. The number of benzene rings is 2. The van der Waals surface area contributed by atoms with Crippen LogP contribution >= 0.6 is 11.6 Å². The molecule has 0 amide bonds. The minimum atomic E-state index is -0.260. The van der Waals surface area contributed by atoms with Crippen molar-refractivity contribution >= 4 is 17.3 Å². The van der Waals surface area contributed by atoms with E-state index in [0.717, 1.165) is 11.1 Å². The highest BCUT2D eigenvalue weighted by atomic mass is 35.5. The Morgan fingerprint density at radius 2 is 1.95 bits per heavy atom. The summed E-state index contributed by atoms with van der Waals surface area (Å²) in [6.45, 7) is 2.42. The molecule has 2 rings (SSSR count). The molecule has 0 bridgehead atoms. The molecule has 0 aromatic heterocycles. The smallest absolute Gasteiger partial charge is 0.146 e. The molecule has 2 aromatic carbocycles. The van der Waals surface area contributed by atoms with Crippen molar-refractivity contribution in [2.45, 2.75) is 19.5 Å². The molecule has 0 aliphatic carbocycles. The standard InChI is InChI=1S/C16H18ClFN2/c1-11(19)14-7-4-8-15(18)16(14)20(2)10-12-5-3-6-13(17)9-12/h3-9,11H,10,19H2,1-2H3. The first-order valence-electron chi connectivity index (χ1n) is 6.48. The monoisotopic (exact) mass is 292 g/mol. The van der Waals surface area contributed by atoms with E-state index in [1.165, 1.54) is 6.07 Å². The Balaban J connectivity index is 2.31. The molecule has 0 aliphatic rings. The first-order valence-corrected chi connectivity index (χ1v) is 6.86. The first kappa shape index (κ1) is 14.8. The third kappa shape index (κ3) is 3.30. The number of rotatable bonds is 4. The highest BCUT2D eigenvalue weighted by molar-refractivity contribution is 6.30. The van der Waals surface area contributed by atoms with Crippen LogP contribution in [0.5, 0.6) is 0 Å². The summed E-state index contributed by atoms with van der Waals surface area (Å²) < 4.78 is 14.1. The van der Waals surface area contributed by atoms with Gasteiger partial charge in [0.1, 0.15) is 5.82 Å². The molecule has 2 nitrogen and oxygen atoms in total. The summed E-state index contributed by atoms with van der Waals surface area (Å²) in [4.78, 5) is 1.86. The molecular weight excluding hydrogens is 275 g/mol. The fraction of sp³-hybridized carbons (Fsp3) is 0.250. The molecule has 0 saturated carbocycles. The minimum absolute atomic E-state index is 0.220. The van der Waals surface area contributed by atoms with Gasteiger partial charge in [0.25, 0.3) is 0 Å². The third-order valence-electron chi connectivity index (χ3n) is 3.20. The van der Waals surface area contributed by atoms with Gasteiger partial charge in [0.05, 0.1) is 5.69 Å². The first-order chi connectivity index (χ1) is 9.49. The van der Waals surface area contributed by atoms with E-state index in [-0.39, 0.29) is 11.9 Å². The number of hydrogen-bond acceptors (Lipinski definition) is 2. The largest absolute Gasteiger partial charge is 0.368 e. The fourth-order valence-electron chi connectivity index (χ4n) is 2.29. The SMILES string of the molecule is CC(N)c1cccc(F)c1N(C)Cc1cccc(Cl)c1. The molecular formula is C16H18ClFN2. The van der Waals surface area contributed by atoms with Crippen molar-refractivity contribution in [3.8, 4) is 0 Å². The van der Waals surface area contributed by atoms with E-state index >= 15 is 0 Å². The maximum absolute atomic E-state index is 14.1. The van der Waals surface area contributed by atoms with Crippen LogP contribution in [0.25, 0.3) is 0 Å². The molecule has 20 heavy (non-hydrogen) atoms. The lowest BCUT2D eigenvalue weighted by Crippen LogP contribution is -2.21. The van der Waals surface area contributed by atoms with Gasteiger partial charge in [0, 0.05) is 24.7 Å². The zero-order chi connectivity index (χ0) is 14.7. The average Bonchev–Trinajstić information content (AvgIpc) is 2.38. The van der Waals surface area contributed by atoms with Gasteiger partial charge in [0.2, 0.25) is 0 Å². The van der Waals surface area contributed by atoms with Crippen LogP contribution in [0.2, 0.25) is 5.02 Å². The Morgan fingerprint density at radius 3 is 2.60 bits per heavy atom.